The van der Waals surface area contributed by atoms with Crippen molar-refractivity contribution in [2.45, 2.75) is 33.3 Å². The fourth-order valence-electron chi connectivity index (χ4n) is 2.07. The molecule has 0 unspecified atom stereocenters. The van der Waals surface area contributed by atoms with Crippen LogP contribution < -0.4 is 5.32 Å². The van der Waals surface area contributed by atoms with Gasteiger partial charge >= 0.3 is 6.09 Å². The molecule has 1 aromatic heterocycles. The van der Waals surface area contributed by atoms with Gasteiger partial charge in [-0.1, -0.05) is 0 Å². The van der Waals surface area contributed by atoms with Gasteiger partial charge in [-0.25, -0.2) is 4.79 Å². The summed E-state index contributed by atoms with van der Waals surface area (Å²) < 4.78 is 6.67. The van der Waals surface area contributed by atoms with Crippen molar-refractivity contribution >= 4 is 34.9 Å². The number of benzene rings is 1. The van der Waals surface area contributed by atoms with Gasteiger partial charge in [-0.05, 0) is 39.0 Å². The first-order valence-corrected chi connectivity index (χ1v) is 6.82. The normalized spacial score (nSPS) is 11.3. The molecule has 0 aliphatic carbocycles. The third kappa shape index (κ3) is 3.33. The number of ether oxygens (including phenoxy) is 1. The van der Waals surface area contributed by atoms with E-state index in [0.717, 1.165) is 0 Å². The molecule has 0 aliphatic rings. The lowest BCUT2D eigenvalue weighted by molar-refractivity contribution is -0.114. The first kappa shape index (κ1) is 15.8. The number of nitrogens with zero attached hydrogens (tertiary/aromatic N) is 1. The number of nitrogens with one attached hydrogen (secondary N) is 1. The number of carbonyl (C=O) groups is 3. The average Bonchev–Trinajstić information content (AvgIpc) is 2.74. The number of carbonyl (C=O) groups excluding carboxylic acids is 3. The molecule has 0 atom stereocenters. The molecule has 1 heterocycles. The number of amides is 1. The molecule has 0 aliphatic heterocycles. The summed E-state index contributed by atoms with van der Waals surface area (Å²) in [6.07, 6.45) is 1.66. The Kier molecular flexibility index (Phi) is 4.03. The molecule has 6 nitrogen and oxygen atoms in total. The van der Waals surface area contributed by atoms with Crippen molar-refractivity contribution in [2.75, 3.05) is 5.32 Å². The number of hydrogen-bond acceptors (Lipinski definition) is 4. The third-order valence-corrected chi connectivity index (χ3v) is 2.87. The average molecular weight is 302 g/mol. The smallest absolute Gasteiger partial charge is 0.419 e. The molecule has 2 rings (SSSR count). The second-order valence-corrected chi connectivity index (χ2v) is 5.97. The maximum Gasteiger partial charge on any atom is 0.419 e. The van der Waals surface area contributed by atoms with Crippen molar-refractivity contribution in [2.24, 2.45) is 0 Å². The zero-order valence-corrected chi connectivity index (χ0v) is 13.0. The van der Waals surface area contributed by atoms with Gasteiger partial charge in [0.25, 0.3) is 0 Å². The van der Waals surface area contributed by atoms with E-state index in [9.17, 15) is 14.4 Å². The Morgan fingerprint density at radius 3 is 2.50 bits per heavy atom. The molecule has 1 N–H and O–H groups in total. The van der Waals surface area contributed by atoms with Crippen molar-refractivity contribution in [3.8, 4) is 0 Å². The van der Waals surface area contributed by atoms with Crippen molar-refractivity contribution in [1.29, 1.82) is 0 Å². The highest BCUT2D eigenvalue weighted by Gasteiger charge is 2.21. The summed E-state index contributed by atoms with van der Waals surface area (Å²) in [7, 11) is 0. The Bertz CT molecular complexity index is 753. The highest BCUT2D eigenvalue weighted by molar-refractivity contribution is 6.05. The summed E-state index contributed by atoms with van der Waals surface area (Å²) in [6, 6.07) is 4.87. The van der Waals surface area contributed by atoms with E-state index in [-0.39, 0.29) is 5.91 Å². The first-order chi connectivity index (χ1) is 10.2. The van der Waals surface area contributed by atoms with Crippen LogP contribution in [0.1, 0.15) is 38.1 Å². The van der Waals surface area contributed by atoms with Gasteiger partial charge in [0, 0.05) is 24.1 Å². The Morgan fingerprint density at radius 1 is 1.27 bits per heavy atom. The van der Waals surface area contributed by atoms with Gasteiger partial charge in [-0.2, -0.15) is 0 Å². The van der Waals surface area contributed by atoms with Gasteiger partial charge in [-0.15, -0.1) is 0 Å². The standard InChI is InChI=1S/C16H18N2O4/c1-10(20)17-13-8-18(15(21)22-16(2,3)4)14-6-5-11(9-19)7-12(13)14/h5-9H,1-4H3,(H,17,20). The van der Waals surface area contributed by atoms with Crippen LogP contribution in [-0.4, -0.2) is 28.5 Å². The predicted octanol–water partition coefficient (Wildman–Crippen LogP) is 3.20. The zero-order chi connectivity index (χ0) is 16.5. The lowest BCUT2D eigenvalue weighted by atomic mass is 10.1. The Balaban J connectivity index is 2.57. The lowest BCUT2D eigenvalue weighted by Gasteiger charge is -2.19. The topological polar surface area (TPSA) is 77.4 Å². The van der Waals surface area contributed by atoms with Crippen LogP contribution in [0.4, 0.5) is 10.5 Å². The zero-order valence-electron chi connectivity index (χ0n) is 13.0. The van der Waals surface area contributed by atoms with E-state index in [1.807, 2.05) is 0 Å². The Labute approximate surface area is 128 Å². The number of fused-ring (bicyclic) bond motifs is 1. The minimum Gasteiger partial charge on any atom is -0.443 e. The Hall–Kier alpha value is -2.63. The number of anilines is 1. The van der Waals surface area contributed by atoms with Gasteiger partial charge in [0.2, 0.25) is 5.91 Å². The van der Waals surface area contributed by atoms with Gasteiger partial charge in [0.1, 0.15) is 11.9 Å². The molecular formula is C16H18N2O4. The Morgan fingerprint density at radius 2 is 1.95 bits per heavy atom. The maximum absolute atomic E-state index is 12.3. The quantitative estimate of drug-likeness (QED) is 0.864. The van der Waals surface area contributed by atoms with Crippen LogP contribution in [-0.2, 0) is 9.53 Å². The number of aromatic nitrogens is 1. The molecule has 0 saturated carbocycles. The molecule has 1 aromatic carbocycles. The summed E-state index contributed by atoms with van der Waals surface area (Å²) in [5, 5.41) is 3.26. The molecule has 116 valence electrons. The van der Waals surface area contributed by atoms with E-state index in [4.69, 9.17) is 4.74 Å². The van der Waals surface area contributed by atoms with Crippen LogP contribution >= 0.6 is 0 Å². The van der Waals surface area contributed by atoms with E-state index in [1.54, 1.807) is 39.0 Å². The molecular weight excluding hydrogens is 284 g/mol. The molecule has 0 spiro atoms. The van der Waals surface area contributed by atoms with Crippen molar-refractivity contribution < 1.29 is 19.1 Å². The summed E-state index contributed by atoms with van der Waals surface area (Å²) in [4.78, 5) is 34.5. The van der Waals surface area contributed by atoms with Crippen molar-refractivity contribution in [1.82, 2.24) is 4.57 Å². The molecule has 1 amide bonds. The van der Waals surface area contributed by atoms with Crippen LogP contribution in [0.2, 0.25) is 0 Å². The summed E-state index contributed by atoms with van der Waals surface area (Å²) in [6.45, 7) is 6.70. The molecule has 0 saturated heterocycles. The van der Waals surface area contributed by atoms with Crippen LogP contribution in [0.15, 0.2) is 24.4 Å². The van der Waals surface area contributed by atoms with Crippen LogP contribution in [0.25, 0.3) is 10.9 Å². The van der Waals surface area contributed by atoms with Gasteiger partial charge in [0.15, 0.2) is 0 Å². The van der Waals surface area contributed by atoms with Crippen LogP contribution in [0.5, 0.6) is 0 Å². The molecule has 0 radical (unpaired) electrons. The monoisotopic (exact) mass is 302 g/mol. The highest BCUT2D eigenvalue weighted by atomic mass is 16.6. The van der Waals surface area contributed by atoms with E-state index >= 15 is 0 Å². The minimum atomic E-state index is -0.634. The van der Waals surface area contributed by atoms with E-state index in [2.05, 4.69) is 5.32 Å². The molecule has 2 aromatic rings. The van der Waals surface area contributed by atoms with Crippen molar-refractivity contribution in [3.05, 3.63) is 30.0 Å². The summed E-state index contributed by atoms with van der Waals surface area (Å²) in [5.41, 5.74) is 0.839. The van der Waals surface area contributed by atoms with Crippen LogP contribution in [0, 0.1) is 0 Å². The van der Waals surface area contributed by atoms with Gasteiger partial charge in [-0.3, -0.25) is 14.2 Å². The summed E-state index contributed by atoms with van der Waals surface area (Å²) >= 11 is 0. The summed E-state index contributed by atoms with van der Waals surface area (Å²) in [5.74, 6) is -0.264. The van der Waals surface area contributed by atoms with Crippen LogP contribution in [0.3, 0.4) is 0 Å². The first-order valence-electron chi connectivity index (χ1n) is 6.82. The lowest BCUT2D eigenvalue weighted by Crippen LogP contribution is -2.26. The largest absolute Gasteiger partial charge is 0.443 e. The number of hydrogen-bond donors (Lipinski definition) is 1. The minimum absolute atomic E-state index is 0.264. The number of aldehydes is 1. The SMILES string of the molecule is CC(=O)Nc1cn(C(=O)OC(C)(C)C)c2ccc(C=O)cc12. The second kappa shape index (κ2) is 5.63. The molecule has 0 fully saturated rings. The third-order valence-electron chi connectivity index (χ3n) is 2.87. The van der Waals surface area contributed by atoms with E-state index < -0.39 is 11.7 Å². The fraction of sp³-hybridized carbons (Fsp3) is 0.312. The predicted molar refractivity (Wildman–Crippen MR) is 83.3 cm³/mol. The molecule has 6 heteroatoms. The van der Waals surface area contributed by atoms with Gasteiger partial charge < -0.3 is 10.1 Å². The molecule has 0 bridgehead atoms. The molecule has 22 heavy (non-hydrogen) atoms. The highest BCUT2D eigenvalue weighted by Crippen LogP contribution is 2.28. The van der Waals surface area contributed by atoms with Crippen molar-refractivity contribution in [3.63, 3.8) is 0 Å². The van der Waals surface area contributed by atoms with E-state index in [1.165, 1.54) is 17.7 Å². The fourth-order valence-corrected chi connectivity index (χ4v) is 2.07. The van der Waals surface area contributed by atoms with Gasteiger partial charge in [0.05, 0.1) is 11.2 Å². The maximum atomic E-state index is 12.3. The number of rotatable bonds is 2. The van der Waals surface area contributed by atoms with E-state index in [0.29, 0.717) is 28.4 Å². The second-order valence-electron chi connectivity index (χ2n) is 5.97.